The Morgan fingerprint density at radius 3 is 1.53 bits per heavy atom. The molecule has 0 saturated heterocycles. The summed E-state index contributed by atoms with van der Waals surface area (Å²) in [5.41, 5.74) is 1.24. The van der Waals surface area contributed by atoms with Crippen LogP contribution in [0.1, 0.15) is 50.3 Å². The average molecular weight is 488 g/mol. The van der Waals surface area contributed by atoms with E-state index in [9.17, 15) is 14.4 Å². The van der Waals surface area contributed by atoms with Gasteiger partial charge in [0, 0.05) is 6.42 Å². The molecule has 0 aliphatic rings. The lowest BCUT2D eigenvalue weighted by Crippen LogP contribution is -2.46. The van der Waals surface area contributed by atoms with Gasteiger partial charge >= 0.3 is 11.9 Å². The van der Waals surface area contributed by atoms with Crippen molar-refractivity contribution in [3.63, 3.8) is 0 Å². The van der Waals surface area contributed by atoms with Crippen molar-refractivity contribution in [2.45, 2.75) is 50.7 Å². The number of rotatable bonds is 9. The molecule has 3 rings (SSSR count). The smallest absolute Gasteiger partial charge is 0.328 e. The van der Waals surface area contributed by atoms with Crippen molar-refractivity contribution in [1.29, 1.82) is 0 Å². The highest BCUT2D eigenvalue weighted by Gasteiger charge is 2.39. The second kappa shape index (κ2) is 11.7. The molecular weight excluding hydrogens is 454 g/mol. The summed E-state index contributed by atoms with van der Waals surface area (Å²) in [7, 11) is 1.22. The third-order valence-corrected chi connectivity index (χ3v) is 5.84. The standard InChI is InChI=1S/C30H33NO5/c1-29(2,3)36-27(33)20-25(28(34)35-4)31-26(32)21-30(22-14-8-5-9-15-22,23-16-10-6-11-17-23)24-18-12-7-13-19-24/h5-19,25H,20-21H2,1-4H3,(H,31,32)/t25-/m0/s1. The molecule has 3 aromatic rings. The Bertz CT molecular complexity index is 1060. The molecule has 0 aromatic heterocycles. The van der Waals surface area contributed by atoms with E-state index in [0.29, 0.717) is 0 Å². The van der Waals surface area contributed by atoms with Crippen LogP contribution < -0.4 is 5.32 Å². The second-order valence-electron chi connectivity index (χ2n) is 9.61. The molecule has 6 nitrogen and oxygen atoms in total. The molecule has 6 heteroatoms. The van der Waals surface area contributed by atoms with Crippen LogP contribution >= 0.6 is 0 Å². The Hall–Kier alpha value is -3.93. The normalized spacial score (nSPS) is 12.3. The molecule has 36 heavy (non-hydrogen) atoms. The Morgan fingerprint density at radius 1 is 0.750 bits per heavy atom. The Morgan fingerprint density at radius 2 is 1.17 bits per heavy atom. The maximum absolute atomic E-state index is 13.6. The van der Waals surface area contributed by atoms with Crippen LogP contribution in [0.2, 0.25) is 0 Å². The van der Waals surface area contributed by atoms with Crippen molar-refractivity contribution < 1.29 is 23.9 Å². The fraction of sp³-hybridized carbons (Fsp3) is 0.300. The number of esters is 2. The fourth-order valence-electron chi connectivity index (χ4n) is 4.35. The summed E-state index contributed by atoms with van der Waals surface area (Å²) >= 11 is 0. The zero-order chi connectivity index (χ0) is 26.2. The summed E-state index contributed by atoms with van der Waals surface area (Å²) in [6.07, 6.45) is -0.322. The fourth-order valence-corrected chi connectivity index (χ4v) is 4.35. The highest BCUT2D eigenvalue weighted by atomic mass is 16.6. The van der Waals surface area contributed by atoms with E-state index in [-0.39, 0.29) is 12.8 Å². The predicted octanol–water partition coefficient (Wildman–Crippen LogP) is 4.80. The third-order valence-electron chi connectivity index (χ3n) is 5.84. The number of carbonyl (C=O) groups excluding carboxylic acids is 3. The van der Waals surface area contributed by atoms with Crippen LogP contribution in [-0.4, -0.2) is 36.6 Å². The van der Waals surface area contributed by atoms with E-state index in [1.165, 1.54) is 7.11 Å². The second-order valence-corrected chi connectivity index (χ2v) is 9.61. The van der Waals surface area contributed by atoms with E-state index in [2.05, 4.69) is 5.32 Å². The molecule has 3 aromatic carbocycles. The van der Waals surface area contributed by atoms with E-state index in [0.717, 1.165) is 16.7 Å². The molecule has 0 spiro atoms. The zero-order valence-electron chi connectivity index (χ0n) is 21.2. The number of nitrogens with one attached hydrogen (secondary N) is 1. The van der Waals surface area contributed by atoms with E-state index in [1.54, 1.807) is 20.8 Å². The maximum Gasteiger partial charge on any atom is 0.328 e. The molecule has 0 fully saturated rings. The molecule has 1 amide bonds. The summed E-state index contributed by atoms with van der Waals surface area (Å²) in [5, 5.41) is 2.73. The number of hydrogen-bond donors (Lipinski definition) is 1. The SMILES string of the molecule is COC(=O)[C@H](CC(=O)OC(C)(C)C)NC(=O)CC(c1ccccc1)(c1ccccc1)c1ccccc1. The quantitative estimate of drug-likeness (QED) is 0.346. The van der Waals surface area contributed by atoms with E-state index in [4.69, 9.17) is 9.47 Å². The maximum atomic E-state index is 13.6. The van der Waals surface area contributed by atoms with Gasteiger partial charge in [-0.25, -0.2) is 4.79 Å². The number of benzene rings is 3. The first-order valence-corrected chi connectivity index (χ1v) is 11.9. The lowest BCUT2D eigenvalue weighted by molar-refractivity contribution is -0.159. The van der Waals surface area contributed by atoms with Crippen molar-refractivity contribution in [2.24, 2.45) is 0 Å². The molecule has 0 heterocycles. The van der Waals surface area contributed by atoms with E-state index in [1.807, 2.05) is 91.0 Å². The Kier molecular flexibility index (Phi) is 8.64. The average Bonchev–Trinajstić information content (AvgIpc) is 2.87. The first-order valence-electron chi connectivity index (χ1n) is 11.9. The van der Waals surface area contributed by atoms with Crippen LogP contribution in [-0.2, 0) is 29.3 Å². The van der Waals surface area contributed by atoms with E-state index >= 15 is 0 Å². The van der Waals surface area contributed by atoms with Crippen LogP contribution in [0.3, 0.4) is 0 Å². The number of methoxy groups -OCH3 is 1. The molecule has 0 unspecified atom stereocenters. The van der Waals surface area contributed by atoms with Crippen molar-refractivity contribution in [3.8, 4) is 0 Å². The lowest BCUT2D eigenvalue weighted by Gasteiger charge is -2.36. The molecule has 0 aliphatic heterocycles. The van der Waals surface area contributed by atoms with Crippen molar-refractivity contribution in [3.05, 3.63) is 108 Å². The van der Waals surface area contributed by atoms with Crippen molar-refractivity contribution >= 4 is 17.8 Å². The Labute approximate surface area is 212 Å². The Balaban J connectivity index is 2.01. The van der Waals surface area contributed by atoms with Crippen LogP contribution in [0.25, 0.3) is 0 Å². The van der Waals surface area contributed by atoms with Gasteiger partial charge in [-0.2, -0.15) is 0 Å². The van der Waals surface area contributed by atoms with Crippen LogP contribution in [0, 0.1) is 0 Å². The minimum atomic E-state index is -1.17. The highest BCUT2D eigenvalue weighted by molar-refractivity contribution is 5.89. The molecular formula is C30H33NO5. The minimum Gasteiger partial charge on any atom is -0.467 e. The third kappa shape index (κ3) is 6.60. The summed E-state index contributed by atoms with van der Waals surface area (Å²) in [4.78, 5) is 38.5. The van der Waals surface area contributed by atoms with Crippen molar-refractivity contribution in [1.82, 2.24) is 5.32 Å². The summed E-state index contributed by atoms with van der Waals surface area (Å²) in [6.45, 7) is 5.22. The number of ether oxygens (including phenoxy) is 2. The number of amides is 1. The molecule has 0 saturated carbocycles. The van der Waals surface area contributed by atoms with Gasteiger partial charge in [0.15, 0.2) is 0 Å². The lowest BCUT2D eigenvalue weighted by atomic mass is 9.67. The van der Waals surface area contributed by atoms with Crippen LogP contribution in [0.4, 0.5) is 0 Å². The first-order chi connectivity index (χ1) is 17.2. The van der Waals surface area contributed by atoms with Gasteiger partial charge in [-0.3, -0.25) is 9.59 Å². The summed E-state index contributed by atoms with van der Waals surface area (Å²) in [6, 6.07) is 28.2. The molecule has 188 valence electrons. The van der Waals surface area contributed by atoms with E-state index < -0.39 is 34.9 Å². The molecule has 0 radical (unpaired) electrons. The van der Waals surface area contributed by atoms with Gasteiger partial charge in [-0.15, -0.1) is 0 Å². The molecule has 0 aliphatic carbocycles. The topological polar surface area (TPSA) is 81.7 Å². The molecule has 1 atom stereocenters. The zero-order valence-corrected chi connectivity index (χ0v) is 21.2. The first kappa shape index (κ1) is 26.7. The summed E-state index contributed by atoms with van der Waals surface area (Å²) in [5.74, 6) is -1.71. The number of hydrogen-bond acceptors (Lipinski definition) is 5. The van der Waals surface area contributed by atoms with Gasteiger partial charge in [0.25, 0.3) is 0 Å². The van der Waals surface area contributed by atoms with Crippen LogP contribution in [0.5, 0.6) is 0 Å². The van der Waals surface area contributed by atoms with Gasteiger partial charge in [0.1, 0.15) is 11.6 Å². The van der Waals surface area contributed by atoms with Crippen LogP contribution in [0.15, 0.2) is 91.0 Å². The summed E-state index contributed by atoms with van der Waals surface area (Å²) < 4.78 is 10.2. The number of carbonyl (C=O) groups is 3. The largest absolute Gasteiger partial charge is 0.467 e. The van der Waals surface area contributed by atoms with Crippen molar-refractivity contribution in [2.75, 3.05) is 7.11 Å². The monoisotopic (exact) mass is 487 g/mol. The predicted molar refractivity (Wildman–Crippen MR) is 138 cm³/mol. The van der Waals surface area contributed by atoms with Gasteiger partial charge in [-0.1, -0.05) is 91.0 Å². The van der Waals surface area contributed by atoms with Gasteiger partial charge in [-0.05, 0) is 37.5 Å². The highest BCUT2D eigenvalue weighted by Crippen LogP contribution is 2.42. The minimum absolute atomic E-state index is 0.00680. The van der Waals surface area contributed by atoms with Gasteiger partial charge < -0.3 is 14.8 Å². The van der Waals surface area contributed by atoms with Gasteiger partial charge in [0.05, 0.1) is 18.9 Å². The molecule has 1 N–H and O–H groups in total. The van der Waals surface area contributed by atoms with Gasteiger partial charge in [0.2, 0.25) is 5.91 Å². The molecule has 0 bridgehead atoms.